The van der Waals surface area contributed by atoms with E-state index in [-0.39, 0.29) is 11.4 Å². The molecule has 0 aliphatic rings. The summed E-state index contributed by atoms with van der Waals surface area (Å²) in [6.45, 7) is 0.609. The van der Waals surface area contributed by atoms with Gasteiger partial charge in [0.15, 0.2) is 0 Å². The molecule has 94 valence electrons. The molecular formula is C11H11N3O4. The van der Waals surface area contributed by atoms with E-state index in [9.17, 15) is 9.59 Å². The summed E-state index contributed by atoms with van der Waals surface area (Å²) in [5.41, 5.74) is 0.795. The molecule has 0 saturated carbocycles. The van der Waals surface area contributed by atoms with Gasteiger partial charge in [-0.2, -0.15) is 5.26 Å². The molecule has 1 aromatic rings. The number of hydrogen-bond donors (Lipinski definition) is 2. The maximum absolute atomic E-state index is 10.7. The number of aromatic nitrogens is 1. The third kappa shape index (κ3) is 3.18. The molecule has 1 heterocycles. The zero-order valence-corrected chi connectivity index (χ0v) is 9.62. The number of hydrogen-bond acceptors (Lipinski definition) is 5. The van der Waals surface area contributed by atoms with Gasteiger partial charge < -0.3 is 15.1 Å². The lowest BCUT2D eigenvalue weighted by atomic mass is 10.1. The molecule has 0 fully saturated rings. The molecule has 0 radical (unpaired) electrons. The largest absolute Gasteiger partial charge is 0.480 e. The molecule has 18 heavy (non-hydrogen) atoms. The molecule has 0 spiro atoms. The number of carboxylic acids is 2. The van der Waals surface area contributed by atoms with Crippen LogP contribution < -0.4 is 4.90 Å². The van der Waals surface area contributed by atoms with Gasteiger partial charge in [0.25, 0.3) is 0 Å². The molecule has 0 aromatic carbocycles. The molecular weight excluding hydrogens is 238 g/mol. The van der Waals surface area contributed by atoms with Gasteiger partial charge in [0.05, 0.1) is 5.56 Å². The smallest absolute Gasteiger partial charge is 0.323 e. The van der Waals surface area contributed by atoms with Crippen molar-refractivity contribution in [1.82, 2.24) is 4.98 Å². The summed E-state index contributed by atoms with van der Waals surface area (Å²) < 4.78 is 0. The van der Waals surface area contributed by atoms with E-state index in [1.807, 2.05) is 6.07 Å². The number of nitriles is 1. The molecule has 0 aliphatic heterocycles. The van der Waals surface area contributed by atoms with E-state index in [4.69, 9.17) is 15.5 Å². The lowest BCUT2D eigenvalue weighted by Crippen LogP contribution is -2.35. The second kappa shape index (κ2) is 5.63. The summed E-state index contributed by atoms with van der Waals surface area (Å²) in [7, 11) is 0. The fraction of sp³-hybridized carbons (Fsp3) is 0.273. The number of nitrogens with zero attached hydrogens (tertiary/aromatic N) is 3. The third-order valence-electron chi connectivity index (χ3n) is 2.20. The fourth-order valence-electron chi connectivity index (χ4n) is 1.45. The first kappa shape index (κ1) is 13.4. The van der Waals surface area contributed by atoms with Crippen molar-refractivity contribution in [3.8, 4) is 6.07 Å². The van der Waals surface area contributed by atoms with Crippen LogP contribution in [0, 0.1) is 18.3 Å². The van der Waals surface area contributed by atoms with Crippen LogP contribution in [-0.4, -0.2) is 40.2 Å². The van der Waals surface area contributed by atoms with Crippen molar-refractivity contribution in [2.75, 3.05) is 18.0 Å². The molecule has 1 aromatic heterocycles. The molecule has 0 atom stereocenters. The molecule has 7 heteroatoms. The normalized spacial score (nSPS) is 9.56. The van der Waals surface area contributed by atoms with Gasteiger partial charge in [-0.25, -0.2) is 4.98 Å². The van der Waals surface area contributed by atoms with Gasteiger partial charge in [-0.1, -0.05) is 0 Å². The molecule has 1 rings (SSSR count). The topological polar surface area (TPSA) is 115 Å². The summed E-state index contributed by atoms with van der Waals surface area (Å²) in [4.78, 5) is 26.3. The van der Waals surface area contributed by atoms with Crippen LogP contribution in [-0.2, 0) is 9.59 Å². The van der Waals surface area contributed by atoms with E-state index in [0.29, 0.717) is 5.56 Å². The van der Waals surface area contributed by atoms with Crippen molar-refractivity contribution in [1.29, 1.82) is 5.26 Å². The molecule has 0 unspecified atom stereocenters. The Morgan fingerprint density at radius 3 is 2.39 bits per heavy atom. The summed E-state index contributed by atoms with van der Waals surface area (Å²) in [6.07, 6.45) is 1.40. The highest BCUT2D eigenvalue weighted by molar-refractivity contribution is 5.80. The van der Waals surface area contributed by atoms with Crippen molar-refractivity contribution in [3.63, 3.8) is 0 Å². The minimum Gasteiger partial charge on any atom is -0.480 e. The lowest BCUT2D eigenvalue weighted by molar-refractivity contribution is -0.136. The van der Waals surface area contributed by atoms with E-state index in [1.54, 1.807) is 13.0 Å². The fourth-order valence-corrected chi connectivity index (χ4v) is 1.45. The van der Waals surface area contributed by atoms with Crippen LogP contribution in [0.5, 0.6) is 0 Å². The van der Waals surface area contributed by atoms with Gasteiger partial charge in [0, 0.05) is 6.20 Å². The highest BCUT2D eigenvalue weighted by atomic mass is 16.4. The number of rotatable bonds is 5. The monoisotopic (exact) mass is 249 g/mol. The van der Waals surface area contributed by atoms with Gasteiger partial charge in [0.2, 0.25) is 0 Å². The number of carbonyl (C=O) groups is 2. The lowest BCUT2D eigenvalue weighted by Gasteiger charge is -2.20. The van der Waals surface area contributed by atoms with Crippen LogP contribution in [0.25, 0.3) is 0 Å². The van der Waals surface area contributed by atoms with Gasteiger partial charge in [0.1, 0.15) is 25.0 Å². The van der Waals surface area contributed by atoms with E-state index in [2.05, 4.69) is 4.98 Å². The molecule has 0 aliphatic carbocycles. The Bertz CT molecular complexity index is 506. The summed E-state index contributed by atoms with van der Waals surface area (Å²) in [5.74, 6) is -2.31. The highest BCUT2D eigenvalue weighted by Crippen LogP contribution is 2.19. The first-order valence-corrected chi connectivity index (χ1v) is 5.00. The Morgan fingerprint density at radius 1 is 1.39 bits per heavy atom. The average Bonchev–Trinajstić information content (AvgIpc) is 2.26. The minimum absolute atomic E-state index is 0.0716. The SMILES string of the molecule is Cc1ccnc(N(CC(=O)O)CC(=O)O)c1C#N. The summed E-state index contributed by atoms with van der Waals surface area (Å²) >= 11 is 0. The number of aryl methyl sites for hydroxylation is 1. The van der Waals surface area contributed by atoms with Crippen molar-refractivity contribution < 1.29 is 19.8 Å². The number of anilines is 1. The zero-order chi connectivity index (χ0) is 13.7. The number of carboxylic acid groups (broad SMARTS) is 2. The second-order valence-electron chi connectivity index (χ2n) is 3.58. The van der Waals surface area contributed by atoms with Gasteiger partial charge in [-0.15, -0.1) is 0 Å². The second-order valence-corrected chi connectivity index (χ2v) is 3.58. The van der Waals surface area contributed by atoms with Crippen LogP contribution in [0.2, 0.25) is 0 Å². The van der Waals surface area contributed by atoms with E-state index in [1.165, 1.54) is 6.20 Å². The standard InChI is InChI=1S/C11H11N3O4/c1-7-2-3-13-11(8(7)4-12)14(5-9(15)16)6-10(17)18/h2-3H,5-6H2,1H3,(H,15,16)(H,17,18). The van der Waals surface area contributed by atoms with Crippen LogP contribution in [0.3, 0.4) is 0 Å². The quantitative estimate of drug-likeness (QED) is 0.767. The first-order chi connectivity index (χ1) is 8.45. The van der Waals surface area contributed by atoms with Crippen LogP contribution in [0.15, 0.2) is 12.3 Å². The molecule has 0 bridgehead atoms. The Kier molecular flexibility index (Phi) is 4.21. The Balaban J connectivity index is 3.20. The minimum atomic E-state index is -1.19. The molecule has 0 saturated heterocycles. The van der Waals surface area contributed by atoms with Gasteiger partial charge in [-0.3, -0.25) is 9.59 Å². The van der Waals surface area contributed by atoms with E-state index in [0.717, 1.165) is 4.90 Å². The predicted octanol–water partition coefficient (Wildman–Crippen LogP) is 0.237. The number of pyridine rings is 1. The Morgan fingerprint density at radius 2 is 1.94 bits per heavy atom. The van der Waals surface area contributed by atoms with Gasteiger partial charge >= 0.3 is 11.9 Å². The predicted molar refractivity (Wildman–Crippen MR) is 61.2 cm³/mol. The zero-order valence-electron chi connectivity index (χ0n) is 9.62. The molecule has 7 nitrogen and oxygen atoms in total. The average molecular weight is 249 g/mol. The summed E-state index contributed by atoms with van der Waals surface area (Å²) in [5, 5.41) is 26.5. The Labute approximate surface area is 103 Å². The van der Waals surface area contributed by atoms with Crippen LogP contribution in [0.4, 0.5) is 5.82 Å². The number of aliphatic carboxylic acids is 2. The van der Waals surface area contributed by atoms with E-state index < -0.39 is 25.0 Å². The van der Waals surface area contributed by atoms with Gasteiger partial charge in [-0.05, 0) is 18.6 Å². The van der Waals surface area contributed by atoms with Crippen molar-refractivity contribution in [2.45, 2.75) is 6.92 Å². The third-order valence-corrected chi connectivity index (χ3v) is 2.20. The molecule has 2 N–H and O–H groups in total. The molecule has 0 amide bonds. The van der Waals surface area contributed by atoms with Crippen LogP contribution >= 0.6 is 0 Å². The maximum Gasteiger partial charge on any atom is 0.323 e. The van der Waals surface area contributed by atoms with Crippen molar-refractivity contribution in [3.05, 3.63) is 23.4 Å². The Hall–Kier alpha value is -2.62. The summed E-state index contributed by atoms with van der Waals surface area (Å²) in [6, 6.07) is 3.50. The van der Waals surface area contributed by atoms with Crippen molar-refractivity contribution >= 4 is 17.8 Å². The van der Waals surface area contributed by atoms with E-state index >= 15 is 0 Å². The van der Waals surface area contributed by atoms with Crippen molar-refractivity contribution in [2.24, 2.45) is 0 Å². The first-order valence-electron chi connectivity index (χ1n) is 5.00. The van der Waals surface area contributed by atoms with Crippen LogP contribution in [0.1, 0.15) is 11.1 Å². The maximum atomic E-state index is 10.7. The highest BCUT2D eigenvalue weighted by Gasteiger charge is 2.19.